The molecule has 126 valence electrons. The molecule has 2 heterocycles. The molecule has 2 aliphatic heterocycles. The van der Waals surface area contributed by atoms with Crippen LogP contribution in [0, 0.1) is 5.92 Å². The largest absolute Gasteiger partial charge is 0.381 e. The summed E-state index contributed by atoms with van der Waals surface area (Å²) >= 11 is 6.18. The Morgan fingerprint density at radius 3 is 2.70 bits per heavy atom. The third-order valence-corrected chi connectivity index (χ3v) is 7.04. The third-order valence-electron chi connectivity index (χ3n) is 4.58. The van der Waals surface area contributed by atoms with E-state index < -0.39 is 15.1 Å². The van der Waals surface area contributed by atoms with E-state index in [1.54, 1.807) is 29.2 Å². The number of carbonyl (C=O) groups is 1. The zero-order valence-corrected chi connectivity index (χ0v) is 14.4. The molecule has 0 saturated carbocycles. The molecule has 2 fully saturated rings. The molecule has 3 rings (SSSR count). The lowest BCUT2D eigenvalue weighted by Crippen LogP contribution is -2.38. The number of amides is 1. The second kappa shape index (κ2) is 6.79. The van der Waals surface area contributed by atoms with Gasteiger partial charge < -0.3 is 9.64 Å². The van der Waals surface area contributed by atoms with Gasteiger partial charge in [0.1, 0.15) is 0 Å². The van der Waals surface area contributed by atoms with Crippen LogP contribution in [0.2, 0.25) is 5.02 Å². The number of hydrogen-bond donors (Lipinski definition) is 0. The molecule has 0 aliphatic carbocycles. The Balaban J connectivity index is 1.80. The van der Waals surface area contributed by atoms with Crippen molar-refractivity contribution in [3.05, 3.63) is 34.9 Å². The summed E-state index contributed by atoms with van der Waals surface area (Å²) in [6.07, 6.45) is 1.10. The van der Waals surface area contributed by atoms with Crippen LogP contribution >= 0.6 is 11.6 Å². The van der Waals surface area contributed by atoms with Gasteiger partial charge >= 0.3 is 0 Å². The minimum absolute atomic E-state index is 0.0116. The molecule has 1 amide bonds. The maximum Gasteiger partial charge on any atom is 0.228 e. The predicted molar refractivity (Wildman–Crippen MR) is 88.1 cm³/mol. The van der Waals surface area contributed by atoms with Crippen molar-refractivity contribution >= 4 is 27.3 Å². The highest BCUT2D eigenvalue weighted by molar-refractivity contribution is 7.91. The van der Waals surface area contributed by atoms with Crippen LogP contribution in [0.3, 0.4) is 0 Å². The number of nitrogens with zero attached hydrogens (tertiary/aromatic N) is 1. The smallest absolute Gasteiger partial charge is 0.228 e. The maximum atomic E-state index is 12.6. The molecule has 0 bridgehead atoms. The summed E-state index contributed by atoms with van der Waals surface area (Å²) in [5.74, 6) is -0.144. The number of hydrogen-bond acceptors (Lipinski definition) is 4. The van der Waals surface area contributed by atoms with Gasteiger partial charge in [-0.05, 0) is 24.5 Å². The minimum Gasteiger partial charge on any atom is -0.381 e. The van der Waals surface area contributed by atoms with Crippen molar-refractivity contribution in [3.63, 3.8) is 0 Å². The van der Waals surface area contributed by atoms with E-state index in [1.165, 1.54) is 0 Å². The van der Waals surface area contributed by atoms with Crippen LogP contribution in [0.25, 0.3) is 0 Å². The zero-order chi connectivity index (χ0) is 16.4. The van der Waals surface area contributed by atoms with Gasteiger partial charge in [-0.1, -0.05) is 29.8 Å². The molecule has 2 unspecified atom stereocenters. The predicted octanol–water partition coefficient (Wildman–Crippen LogP) is 2.06. The van der Waals surface area contributed by atoms with Gasteiger partial charge in [-0.3, -0.25) is 4.79 Å². The zero-order valence-electron chi connectivity index (χ0n) is 12.8. The monoisotopic (exact) mass is 357 g/mol. The summed E-state index contributed by atoms with van der Waals surface area (Å²) in [5, 5.41) is -0.182. The van der Waals surface area contributed by atoms with Crippen LogP contribution in [0.15, 0.2) is 24.3 Å². The number of sulfone groups is 1. The summed E-state index contributed by atoms with van der Waals surface area (Å²) in [5.41, 5.74) is 0.632. The third kappa shape index (κ3) is 3.54. The summed E-state index contributed by atoms with van der Waals surface area (Å²) in [7, 11) is -3.34. The molecule has 2 saturated heterocycles. The van der Waals surface area contributed by atoms with E-state index in [0.717, 1.165) is 6.42 Å². The first-order valence-electron chi connectivity index (χ1n) is 7.81. The first-order chi connectivity index (χ1) is 11.0. The Morgan fingerprint density at radius 1 is 1.22 bits per heavy atom. The normalized spacial score (nSPS) is 27.6. The van der Waals surface area contributed by atoms with Gasteiger partial charge in [-0.15, -0.1) is 0 Å². The summed E-state index contributed by atoms with van der Waals surface area (Å²) in [4.78, 5) is 14.2. The van der Waals surface area contributed by atoms with Gasteiger partial charge in [0.05, 0.1) is 23.5 Å². The van der Waals surface area contributed by atoms with Gasteiger partial charge in [0.15, 0.2) is 9.84 Å². The molecule has 2 atom stereocenters. The molecule has 1 aromatic carbocycles. The van der Waals surface area contributed by atoms with Gasteiger partial charge in [0.25, 0.3) is 0 Å². The molecule has 0 aromatic heterocycles. The summed E-state index contributed by atoms with van der Waals surface area (Å²) in [6.45, 7) is 1.73. The van der Waals surface area contributed by atoms with Crippen molar-refractivity contribution in [3.8, 4) is 0 Å². The summed E-state index contributed by atoms with van der Waals surface area (Å²) in [6, 6.07) is 7.04. The van der Waals surface area contributed by atoms with E-state index in [4.69, 9.17) is 16.3 Å². The molecule has 1 aromatic rings. The van der Waals surface area contributed by atoms with Gasteiger partial charge in [-0.25, -0.2) is 8.42 Å². The highest BCUT2D eigenvalue weighted by Gasteiger charge is 2.36. The topological polar surface area (TPSA) is 63.7 Å². The van der Waals surface area contributed by atoms with E-state index in [1.807, 2.05) is 0 Å². The first kappa shape index (κ1) is 16.7. The van der Waals surface area contributed by atoms with Crippen LogP contribution in [0.1, 0.15) is 23.7 Å². The lowest BCUT2D eigenvalue weighted by molar-refractivity contribution is -0.135. The quantitative estimate of drug-likeness (QED) is 0.812. The maximum absolute atomic E-state index is 12.6. The second-order valence-electron chi connectivity index (χ2n) is 6.05. The fraction of sp³-hybridized carbons (Fsp3) is 0.562. The van der Waals surface area contributed by atoms with Crippen molar-refractivity contribution in [2.75, 3.05) is 32.1 Å². The van der Waals surface area contributed by atoms with E-state index in [0.29, 0.717) is 36.8 Å². The highest BCUT2D eigenvalue weighted by atomic mass is 35.5. The van der Waals surface area contributed by atoms with E-state index in [-0.39, 0.29) is 24.1 Å². The van der Waals surface area contributed by atoms with Gasteiger partial charge in [0.2, 0.25) is 5.91 Å². The Bertz CT molecular complexity index is 685. The molecule has 2 aliphatic rings. The lowest BCUT2D eigenvalue weighted by Gasteiger charge is -2.22. The molecule has 23 heavy (non-hydrogen) atoms. The van der Waals surface area contributed by atoms with E-state index in [9.17, 15) is 13.2 Å². The van der Waals surface area contributed by atoms with Gasteiger partial charge in [-0.2, -0.15) is 0 Å². The molecular weight excluding hydrogens is 338 g/mol. The number of rotatable bonds is 2. The Hall–Kier alpha value is -1.11. The van der Waals surface area contributed by atoms with Crippen LogP contribution in [0.4, 0.5) is 0 Å². The Kier molecular flexibility index (Phi) is 4.94. The molecule has 0 radical (unpaired) electrons. The lowest BCUT2D eigenvalue weighted by atomic mass is 10.1. The van der Waals surface area contributed by atoms with Crippen molar-refractivity contribution in [1.82, 2.24) is 4.90 Å². The Morgan fingerprint density at radius 2 is 2.00 bits per heavy atom. The molecule has 0 spiro atoms. The fourth-order valence-electron chi connectivity index (χ4n) is 3.24. The van der Waals surface area contributed by atoms with Crippen molar-refractivity contribution < 1.29 is 17.9 Å². The SMILES string of the molecule is O=C(C1CCOC1)N1CCC(c2ccccc2Cl)S(=O)(=O)CC1. The molecule has 5 nitrogen and oxygen atoms in total. The highest BCUT2D eigenvalue weighted by Crippen LogP contribution is 2.34. The molecule has 7 heteroatoms. The van der Waals surface area contributed by atoms with Crippen LogP contribution < -0.4 is 0 Å². The first-order valence-corrected chi connectivity index (χ1v) is 9.91. The average molecular weight is 358 g/mol. The average Bonchev–Trinajstić information content (AvgIpc) is 3.00. The van der Waals surface area contributed by atoms with Gasteiger partial charge in [0, 0.05) is 24.7 Å². The van der Waals surface area contributed by atoms with Crippen molar-refractivity contribution in [1.29, 1.82) is 0 Å². The van der Waals surface area contributed by atoms with Crippen molar-refractivity contribution in [2.24, 2.45) is 5.92 Å². The molecule has 0 N–H and O–H groups in total. The summed E-state index contributed by atoms with van der Waals surface area (Å²) < 4.78 is 30.5. The second-order valence-corrected chi connectivity index (χ2v) is 8.76. The minimum atomic E-state index is -3.34. The van der Waals surface area contributed by atoms with Crippen molar-refractivity contribution in [2.45, 2.75) is 18.1 Å². The van der Waals surface area contributed by atoms with E-state index >= 15 is 0 Å². The number of carbonyl (C=O) groups excluding carboxylic acids is 1. The fourth-order valence-corrected chi connectivity index (χ4v) is 5.39. The number of ether oxygens (including phenoxy) is 1. The van der Waals surface area contributed by atoms with Crippen LogP contribution in [0.5, 0.6) is 0 Å². The number of halogens is 1. The van der Waals surface area contributed by atoms with Crippen LogP contribution in [-0.2, 0) is 19.4 Å². The van der Waals surface area contributed by atoms with E-state index in [2.05, 4.69) is 0 Å². The molecular formula is C16H20ClNO4S. The standard InChI is InChI=1S/C16H20ClNO4S/c17-14-4-2-1-3-13(14)15-5-7-18(8-10-23(15,20)21)16(19)12-6-9-22-11-12/h1-4,12,15H,5-11H2. The number of benzene rings is 1. The Labute approximate surface area is 141 Å². The van der Waals surface area contributed by atoms with Crippen LogP contribution in [-0.4, -0.2) is 51.3 Å².